The summed E-state index contributed by atoms with van der Waals surface area (Å²) in [5.41, 5.74) is 4.66. The second-order valence-corrected chi connectivity index (χ2v) is 9.42. The molecule has 1 N–H and O–H groups in total. The van der Waals surface area contributed by atoms with Crippen molar-refractivity contribution in [1.82, 2.24) is 14.9 Å². The number of fused-ring (bicyclic) bond motifs is 1. The summed E-state index contributed by atoms with van der Waals surface area (Å²) in [6.45, 7) is 6.46. The number of aryl methyl sites for hydroxylation is 4. The van der Waals surface area contributed by atoms with Gasteiger partial charge in [0.15, 0.2) is 0 Å². The second-order valence-electron chi connectivity index (χ2n) is 9.42. The van der Waals surface area contributed by atoms with Crippen LogP contribution in [0.25, 0.3) is 11.0 Å². The van der Waals surface area contributed by atoms with Crippen molar-refractivity contribution < 1.29 is 9.53 Å². The zero-order chi connectivity index (χ0) is 23.0. The molecule has 0 radical (unpaired) electrons. The highest BCUT2D eigenvalue weighted by Crippen LogP contribution is 2.24. The van der Waals surface area contributed by atoms with E-state index in [9.17, 15) is 4.79 Å². The largest absolute Gasteiger partial charge is 0.494 e. The van der Waals surface area contributed by atoms with Gasteiger partial charge in [0.1, 0.15) is 11.6 Å². The molecule has 176 valence electrons. The van der Waals surface area contributed by atoms with Gasteiger partial charge in [0.05, 0.1) is 17.6 Å². The Kier molecular flexibility index (Phi) is 8.03. The lowest BCUT2D eigenvalue weighted by atomic mass is 9.89. The number of nitrogens with one attached hydrogen (secondary N) is 1. The van der Waals surface area contributed by atoms with Crippen molar-refractivity contribution in [3.05, 3.63) is 59.4 Å². The first-order valence-corrected chi connectivity index (χ1v) is 12.5. The van der Waals surface area contributed by atoms with E-state index in [2.05, 4.69) is 60.1 Å². The summed E-state index contributed by atoms with van der Waals surface area (Å²) >= 11 is 0. The second kappa shape index (κ2) is 11.4. The van der Waals surface area contributed by atoms with Gasteiger partial charge in [-0.2, -0.15) is 0 Å². The SMILES string of the molecule is Cc1cc(C)cc(OCCCn2c(CCCNC(=O)C3CCCCC3)nc3ccccc32)c1. The highest BCUT2D eigenvalue weighted by Gasteiger charge is 2.20. The third kappa shape index (κ3) is 6.37. The minimum absolute atomic E-state index is 0.223. The topological polar surface area (TPSA) is 56.1 Å². The Hall–Kier alpha value is -2.82. The molecule has 0 spiro atoms. The van der Waals surface area contributed by atoms with E-state index < -0.39 is 0 Å². The molecule has 1 aliphatic carbocycles. The van der Waals surface area contributed by atoms with Crippen molar-refractivity contribution >= 4 is 16.9 Å². The van der Waals surface area contributed by atoms with Gasteiger partial charge < -0.3 is 14.6 Å². The van der Waals surface area contributed by atoms with E-state index in [-0.39, 0.29) is 11.8 Å². The van der Waals surface area contributed by atoms with E-state index in [4.69, 9.17) is 9.72 Å². The molecule has 1 amide bonds. The van der Waals surface area contributed by atoms with Gasteiger partial charge in [0, 0.05) is 25.4 Å². The zero-order valence-electron chi connectivity index (χ0n) is 20.1. The number of benzene rings is 2. The van der Waals surface area contributed by atoms with Gasteiger partial charge in [-0.25, -0.2) is 4.98 Å². The maximum Gasteiger partial charge on any atom is 0.223 e. The predicted molar refractivity (Wildman–Crippen MR) is 134 cm³/mol. The van der Waals surface area contributed by atoms with Crippen LogP contribution in [0.5, 0.6) is 5.75 Å². The van der Waals surface area contributed by atoms with E-state index in [1.807, 2.05) is 6.07 Å². The van der Waals surface area contributed by atoms with E-state index in [1.54, 1.807) is 0 Å². The Morgan fingerprint density at radius 1 is 1.06 bits per heavy atom. The number of imidazole rings is 1. The predicted octanol–water partition coefficient (Wildman–Crippen LogP) is 5.75. The van der Waals surface area contributed by atoms with E-state index in [1.165, 1.54) is 35.9 Å². The molecule has 1 fully saturated rings. The maximum absolute atomic E-state index is 12.4. The molecule has 33 heavy (non-hydrogen) atoms. The number of hydrogen-bond acceptors (Lipinski definition) is 3. The average molecular weight is 448 g/mol. The Labute approximate surface area is 197 Å². The molecule has 0 aliphatic heterocycles. The number of carbonyl (C=O) groups is 1. The van der Waals surface area contributed by atoms with Crippen LogP contribution >= 0.6 is 0 Å². The Bertz CT molecular complexity index is 1050. The first-order valence-electron chi connectivity index (χ1n) is 12.5. The number of hydrogen-bond donors (Lipinski definition) is 1. The van der Waals surface area contributed by atoms with Crippen LogP contribution < -0.4 is 10.1 Å². The highest BCUT2D eigenvalue weighted by atomic mass is 16.5. The van der Waals surface area contributed by atoms with Crippen LogP contribution in [0, 0.1) is 19.8 Å². The van der Waals surface area contributed by atoms with Gasteiger partial charge in [0.2, 0.25) is 5.91 Å². The summed E-state index contributed by atoms with van der Waals surface area (Å²) in [6.07, 6.45) is 8.43. The molecule has 0 bridgehead atoms. The van der Waals surface area contributed by atoms with Crippen molar-refractivity contribution in [3.8, 4) is 5.75 Å². The molecule has 1 aliphatic rings. The summed E-state index contributed by atoms with van der Waals surface area (Å²) in [5, 5.41) is 3.16. The quantitative estimate of drug-likeness (QED) is 0.403. The molecule has 3 aromatic rings. The maximum atomic E-state index is 12.4. The fourth-order valence-electron chi connectivity index (χ4n) is 4.96. The third-order valence-corrected chi connectivity index (χ3v) is 6.58. The highest BCUT2D eigenvalue weighted by molar-refractivity contribution is 5.78. The number of aromatic nitrogens is 2. The zero-order valence-corrected chi connectivity index (χ0v) is 20.1. The molecule has 0 atom stereocenters. The molecule has 4 rings (SSSR count). The lowest BCUT2D eigenvalue weighted by Crippen LogP contribution is -2.32. The van der Waals surface area contributed by atoms with Crippen LogP contribution in [-0.2, 0) is 17.8 Å². The normalized spacial score (nSPS) is 14.5. The van der Waals surface area contributed by atoms with Gasteiger partial charge in [-0.3, -0.25) is 4.79 Å². The third-order valence-electron chi connectivity index (χ3n) is 6.58. The van der Waals surface area contributed by atoms with Crippen LogP contribution in [0.1, 0.15) is 61.9 Å². The number of carbonyl (C=O) groups excluding carboxylic acids is 1. The van der Waals surface area contributed by atoms with Crippen LogP contribution in [-0.4, -0.2) is 28.6 Å². The number of ether oxygens (including phenoxy) is 1. The molecule has 1 saturated carbocycles. The molecule has 1 aromatic heterocycles. The summed E-state index contributed by atoms with van der Waals surface area (Å²) in [6, 6.07) is 14.7. The Morgan fingerprint density at radius 3 is 2.61 bits per heavy atom. The summed E-state index contributed by atoms with van der Waals surface area (Å²) in [4.78, 5) is 17.3. The van der Waals surface area contributed by atoms with E-state index >= 15 is 0 Å². The number of amides is 1. The first kappa shape index (κ1) is 23.3. The van der Waals surface area contributed by atoms with Crippen molar-refractivity contribution in [2.75, 3.05) is 13.2 Å². The lowest BCUT2D eigenvalue weighted by Gasteiger charge is -2.20. The summed E-state index contributed by atoms with van der Waals surface area (Å²) < 4.78 is 8.34. The minimum Gasteiger partial charge on any atom is -0.494 e. The van der Waals surface area contributed by atoms with Crippen LogP contribution in [0.4, 0.5) is 0 Å². The summed E-state index contributed by atoms with van der Waals surface area (Å²) in [5.74, 6) is 2.50. The van der Waals surface area contributed by atoms with Gasteiger partial charge in [-0.1, -0.05) is 37.5 Å². The fraction of sp³-hybridized carbons (Fsp3) is 0.500. The number of rotatable bonds is 10. The number of para-hydroxylation sites is 2. The molecular formula is C28H37N3O2. The average Bonchev–Trinajstić information content (AvgIpc) is 3.17. The van der Waals surface area contributed by atoms with Crippen molar-refractivity contribution in [2.45, 2.75) is 71.8 Å². The molecule has 5 nitrogen and oxygen atoms in total. The van der Waals surface area contributed by atoms with Crippen molar-refractivity contribution in [2.24, 2.45) is 5.92 Å². The monoisotopic (exact) mass is 447 g/mol. The molecule has 2 aromatic carbocycles. The fourth-order valence-corrected chi connectivity index (χ4v) is 4.96. The minimum atomic E-state index is 0.223. The number of nitrogens with zero attached hydrogens (tertiary/aromatic N) is 2. The van der Waals surface area contributed by atoms with Crippen LogP contribution in [0.15, 0.2) is 42.5 Å². The lowest BCUT2D eigenvalue weighted by molar-refractivity contribution is -0.125. The van der Waals surface area contributed by atoms with Crippen molar-refractivity contribution in [3.63, 3.8) is 0 Å². The van der Waals surface area contributed by atoms with E-state index in [0.29, 0.717) is 13.2 Å². The van der Waals surface area contributed by atoms with Crippen LogP contribution in [0.2, 0.25) is 0 Å². The van der Waals surface area contributed by atoms with Gasteiger partial charge in [-0.05, 0) is 74.9 Å². The smallest absolute Gasteiger partial charge is 0.223 e. The Morgan fingerprint density at radius 2 is 1.82 bits per heavy atom. The molecular weight excluding hydrogens is 410 g/mol. The molecule has 0 saturated heterocycles. The molecule has 1 heterocycles. The van der Waals surface area contributed by atoms with E-state index in [0.717, 1.165) is 55.7 Å². The van der Waals surface area contributed by atoms with Gasteiger partial charge in [0.25, 0.3) is 0 Å². The molecule has 0 unspecified atom stereocenters. The first-order chi connectivity index (χ1) is 16.1. The standard InChI is InChI=1S/C28H37N3O2/c1-21-18-22(2)20-24(19-21)33-17-9-16-31-26-13-7-6-12-25(26)30-27(31)14-8-15-29-28(32)23-10-4-3-5-11-23/h6-7,12-13,18-20,23H,3-5,8-11,14-17H2,1-2H3,(H,29,32). The Balaban J connectivity index is 1.31. The van der Waals surface area contributed by atoms with Gasteiger partial charge >= 0.3 is 0 Å². The molecule has 5 heteroatoms. The van der Waals surface area contributed by atoms with Crippen molar-refractivity contribution in [1.29, 1.82) is 0 Å². The van der Waals surface area contributed by atoms with Crippen LogP contribution in [0.3, 0.4) is 0 Å². The van der Waals surface area contributed by atoms with Gasteiger partial charge in [-0.15, -0.1) is 0 Å². The summed E-state index contributed by atoms with van der Waals surface area (Å²) in [7, 11) is 0.